The van der Waals surface area contributed by atoms with Crippen LogP contribution in [0, 0.1) is 0 Å². The molecule has 0 N–H and O–H groups in total. The third kappa shape index (κ3) is 2.40. The molecule has 2 heterocycles. The van der Waals surface area contributed by atoms with Crippen LogP contribution in [0.5, 0.6) is 0 Å². The van der Waals surface area contributed by atoms with Crippen LogP contribution in [0.2, 0.25) is 0 Å². The zero-order valence-corrected chi connectivity index (χ0v) is 12.3. The Morgan fingerprint density at radius 1 is 1.11 bits per heavy atom. The molecule has 0 amide bonds. The second kappa shape index (κ2) is 4.08. The van der Waals surface area contributed by atoms with Gasteiger partial charge in [-0.1, -0.05) is 32.9 Å². The largest absolute Gasteiger partial charge is 0.347 e. The lowest BCUT2D eigenvalue weighted by molar-refractivity contribution is 0.503. The van der Waals surface area contributed by atoms with Crippen molar-refractivity contribution in [1.82, 2.24) is 9.97 Å². The fourth-order valence-corrected chi connectivity index (χ4v) is 2.04. The standard InChI is InChI=1S/C15H23N3/c1-14(2,3)13-16-10-11-8-7-9-18(12(11)17-13)15(4,5)6/h7-8,10H,9H2,1-6H3. The van der Waals surface area contributed by atoms with E-state index in [-0.39, 0.29) is 11.0 Å². The molecule has 0 saturated heterocycles. The molecule has 98 valence electrons. The maximum Gasteiger partial charge on any atom is 0.140 e. The van der Waals surface area contributed by atoms with Crippen molar-refractivity contribution in [2.24, 2.45) is 0 Å². The number of aromatic nitrogens is 2. The highest BCUT2D eigenvalue weighted by Crippen LogP contribution is 2.31. The molecule has 3 nitrogen and oxygen atoms in total. The van der Waals surface area contributed by atoms with Gasteiger partial charge in [0, 0.05) is 29.3 Å². The Morgan fingerprint density at radius 3 is 2.33 bits per heavy atom. The second-order valence-corrected chi connectivity index (χ2v) is 6.91. The topological polar surface area (TPSA) is 29.0 Å². The Hall–Kier alpha value is -1.38. The van der Waals surface area contributed by atoms with E-state index in [1.54, 1.807) is 0 Å². The van der Waals surface area contributed by atoms with E-state index in [0.29, 0.717) is 0 Å². The summed E-state index contributed by atoms with van der Waals surface area (Å²) in [6.45, 7) is 14.0. The highest BCUT2D eigenvalue weighted by atomic mass is 15.2. The van der Waals surface area contributed by atoms with E-state index < -0.39 is 0 Å². The molecule has 18 heavy (non-hydrogen) atoms. The molecule has 1 aliphatic rings. The molecule has 0 aromatic carbocycles. The van der Waals surface area contributed by atoms with Gasteiger partial charge >= 0.3 is 0 Å². The lowest BCUT2D eigenvalue weighted by Gasteiger charge is -2.39. The first kappa shape index (κ1) is 13.1. The monoisotopic (exact) mass is 245 g/mol. The molecule has 0 unspecified atom stereocenters. The lowest BCUT2D eigenvalue weighted by Crippen LogP contribution is -2.44. The van der Waals surface area contributed by atoms with E-state index in [4.69, 9.17) is 4.98 Å². The minimum atomic E-state index is -0.0141. The summed E-state index contributed by atoms with van der Waals surface area (Å²) in [4.78, 5) is 11.6. The number of nitrogens with zero attached hydrogens (tertiary/aromatic N) is 3. The van der Waals surface area contributed by atoms with E-state index in [1.807, 2.05) is 6.20 Å². The number of rotatable bonds is 0. The van der Waals surface area contributed by atoms with Gasteiger partial charge in [0.15, 0.2) is 0 Å². The summed E-state index contributed by atoms with van der Waals surface area (Å²) >= 11 is 0. The highest BCUT2D eigenvalue weighted by Gasteiger charge is 2.28. The van der Waals surface area contributed by atoms with Gasteiger partial charge in [-0.05, 0) is 20.8 Å². The van der Waals surface area contributed by atoms with Crippen LogP contribution in [0.25, 0.3) is 6.08 Å². The van der Waals surface area contributed by atoms with Crippen LogP contribution in [-0.4, -0.2) is 22.1 Å². The number of hydrogen-bond donors (Lipinski definition) is 0. The molecule has 0 spiro atoms. The predicted molar refractivity (Wildman–Crippen MR) is 76.9 cm³/mol. The Kier molecular flexibility index (Phi) is 2.96. The first-order valence-electron chi connectivity index (χ1n) is 6.51. The minimum absolute atomic E-state index is 0.0141. The maximum absolute atomic E-state index is 4.80. The zero-order chi connectivity index (χ0) is 13.6. The molecular formula is C15H23N3. The number of anilines is 1. The first-order chi connectivity index (χ1) is 8.19. The summed E-state index contributed by atoms with van der Waals surface area (Å²) in [5.41, 5.74) is 1.17. The van der Waals surface area contributed by atoms with Crippen molar-refractivity contribution in [3.05, 3.63) is 23.7 Å². The van der Waals surface area contributed by atoms with Crippen molar-refractivity contribution in [3.63, 3.8) is 0 Å². The fourth-order valence-electron chi connectivity index (χ4n) is 2.04. The quantitative estimate of drug-likeness (QED) is 0.701. The summed E-state index contributed by atoms with van der Waals surface area (Å²) in [6.07, 6.45) is 6.23. The fraction of sp³-hybridized carbons (Fsp3) is 0.600. The van der Waals surface area contributed by atoms with Crippen LogP contribution in [0.4, 0.5) is 5.82 Å². The van der Waals surface area contributed by atoms with Crippen molar-refractivity contribution < 1.29 is 0 Å². The van der Waals surface area contributed by atoms with E-state index in [2.05, 4.69) is 63.6 Å². The molecule has 0 fully saturated rings. The van der Waals surface area contributed by atoms with Gasteiger partial charge in [-0.3, -0.25) is 0 Å². The van der Waals surface area contributed by atoms with Crippen molar-refractivity contribution in [2.45, 2.75) is 52.5 Å². The molecular weight excluding hydrogens is 222 g/mol. The van der Waals surface area contributed by atoms with E-state index >= 15 is 0 Å². The van der Waals surface area contributed by atoms with Crippen LogP contribution in [-0.2, 0) is 5.41 Å². The van der Waals surface area contributed by atoms with Gasteiger partial charge in [0.25, 0.3) is 0 Å². The molecule has 2 rings (SSSR count). The average molecular weight is 245 g/mol. The molecule has 0 bridgehead atoms. The Labute approximate surface area is 110 Å². The van der Waals surface area contributed by atoms with Crippen molar-refractivity contribution in [3.8, 4) is 0 Å². The zero-order valence-electron chi connectivity index (χ0n) is 12.3. The first-order valence-corrected chi connectivity index (χ1v) is 6.51. The lowest BCUT2D eigenvalue weighted by atomic mass is 9.95. The molecule has 1 aliphatic heterocycles. The minimum Gasteiger partial charge on any atom is -0.347 e. The number of fused-ring (bicyclic) bond motifs is 1. The van der Waals surface area contributed by atoms with E-state index in [9.17, 15) is 0 Å². The molecule has 1 aromatic heterocycles. The SMILES string of the molecule is CC(C)(C)c1ncc2c(n1)N(C(C)(C)C)CC=C2. The predicted octanol–water partition coefficient (Wildman–Crippen LogP) is 3.41. The normalized spacial score (nSPS) is 15.8. The van der Waals surface area contributed by atoms with Gasteiger partial charge in [0.2, 0.25) is 0 Å². The second-order valence-electron chi connectivity index (χ2n) is 6.91. The maximum atomic E-state index is 4.80. The van der Waals surface area contributed by atoms with Crippen LogP contribution in [0.3, 0.4) is 0 Å². The van der Waals surface area contributed by atoms with Crippen LogP contribution in [0.1, 0.15) is 52.9 Å². The van der Waals surface area contributed by atoms with Gasteiger partial charge < -0.3 is 4.90 Å². The van der Waals surface area contributed by atoms with Crippen molar-refractivity contribution in [2.75, 3.05) is 11.4 Å². The summed E-state index contributed by atoms with van der Waals surface area (Å²) < 4.78 is 0. The highest BCUT2D eigenvalue weighted by molar-refractivity contribution is 5.68. The van der Waals surface area contributed by atoms with E-state index in [1.165, 1.54) is 0 Å². The third-order valence-corrected chi connectivity index (χ3v) is 3.12. The Bertz CT molecular complexity index is 475. The molecule has 0 saturated carbocycles. The molecule has 1 aromatic rings. The van der Waals surface area contributed by atoms with Gasteiger partial charge in [0.05, 0.1) is 0 Å². The van der Waals surface area contributed by atoms with Gasteiger partial charge in [-0.15, -0.1) is 0 Å². The Balaban J connectivity index is 2.52. The number of hydrogen-bond acceptors (Lipinski definition) is 3. The van der Waals surface area contributed by atoms with Gasteiger partial charge in [0.1, 0.15) is 11.6 Å². The van der Waals surface area contributed by atoms with Crippen LogP contribution in [0.15, 0.2) is 12.3 Å². The molecule has 0 atom stereocenters. The smallest absolute Gasteiger partial charge is 0.140 e. The summed E-state index contributed by atoms with van der Waals surface area (Å²) in [5.74, 6) is 1.97. The van der Waals surface area contributed by atoms with Crippen LogP contribution >= 0.6 is 0 Å². The molecule has 0 aliphatic carbocycles. The van der Waals surface area contributed by atoms with Crippen molar-refractivity contribution in [1.29, 1.82) is 0 Å². The summed E-state index contributed by atoms with van der Waals surface area (Å²) in [6, 6.07) is 0. The van der Waals surface area contributed by atoms with Gasteiger partial charge in [-0.2, -0.15) is 0 Å². The Morgan fingerprint density at radius 2 is 1.78 bits per heavy atom. The molecule has 0 radical (unpaired) electrons. The third-order valence-electron chi connectivity index (χ3n) is 3.12. The van der Waals surface area contributed by atoms with E-state index in [0.717, 1.165) is 23.8 Å². The van der Waals surface area contributed by atoms with Gasteiger partial charge in [-0.25, -0.2) is 9.97 Å². The average Bonchev–Trinajstić information content (AvgIpc) is 2.25. The van der Waals surface area contributed by atoms with Crippen LogP contribution < -0.4 is 4.90 Å². The summed E-state index contributed by atoms with van der Waals surface area (Å²) in [7, 11) is 0. The summed E-state index contributed by atoms with van der Waals surface area (Å²) in [5, 5.41) is 0. The van der Waals surface area contributed by atoms with Crippen molar-refractivity contribution >= 4 is 11.9 Å². The molecule has 3 heteroatoms.